The highest BCUT2D eigenvalue weighted by molar-refractivity contribution is 5.69. The molecule has 1 aromatic rings. The van der Waals surface area contributed by atoms with Gasteiger partial charge in [0.2, 0.25) is 0 Å². The molecule has 0 amide bonds. The van der Waals surface area contributed by atoms with Gasteiger partial charge in [-0.2, -0.15) is 5.26 Å². The number of nitrogens with one attached hydrogen (secondary N) is 2. The Morgan fingerprint density at radius 2 is 2.31 bits per heavy atom. The van der Waals surface area contributed by atoms with E-state index in [0.717, 1.165) is 13.1 Å². The molecule has 0 radical (unpaired) electrons. The summed E-state index contributed by atoms with van der Waals surface area (Å²) >= 11 is 0. The largest absolute Gasteiger partial charge is 0.374 e. The molecule has 0 unspecified atom stereocenters. The molecule has 1 fully saturated rings. The number of benzene rings is 1. The van der Waals surface area contributed by atoms with E-state index in [1.807, 2.05) is 6.07 Å². The lowest BCUT2D eigenvalue weighted by Crippen LogP contribution is -2.51. The van der Waals surface area contributed by atoms with Crippen LogP contribution in [0.3, 0.4) is 0 Å². The van der Waals surface area contributed by atoms with Crippen LogP contribution in [0, 0.1) is 21.4 Å². The highest BCUT2D eigenvalue weighted by Gasteiger charge is 2.23. The van der Waals surface area contributed by atoms with Crippen molar-refractivity contribution in [3.05, 3.63) is 33.9 Å². The SMILES string of the molecule is N#Cc1cccc(NC2CNC2)c1[N+](=O)[O-]. The summed E-state index contributed by atoms with van der Waals surface area (Å²) in [5.74, 6) is 0. The van der Waals surface area contributed by atoms with Gasteiger partial charge in [0.05, 0.1) is 11.0 Å². The zero-order valence-corrected chi connectivity index (χ0v) is 8.43. The van der Waals surface area contributed by atoms with Gasteiger partial charge in [0.25, 0.3) is 0 Å². The molecule has 6 heteroatoms. The first kappa shape index (κ1) is 10.4. The third-order valence-corrected chi connectivity index (χ3v) is 2.48. The Morgan fingerprint density at radius 1 is 1.56 bits per heavy atom. The molecule has 16 heavy (non-hydrogen) atoms. The fourth-order valence-corrected chi connectivity index (χ4v) is 1.56. The molecule has 2 N–H and O–H groups in total. The molecular formula is C10H10N4O2. The smallest absolute Gasteiger partial charge is 0.309 e. The van der Waals surface area contributed by atoms with Crippen LogP contribution in [0.5, 0.6) is 0 Å². The zero-order chi connectivity index (χ0) is 11.5. The Kier molecular flexibility index (Phi) is 2.70. The van der Waals surface area contributed by atoms with E-state index >= 15 is 0 Å². The first-order valence-electron chi connectivity index (χ1n) is 4.87. The van der Waals surface area contributed by atoms with Crippen molar-refractivity contribution in [2.24, 2.45) is 0 Å². The number of hydrogen-bond donors (Lipinski definition) is 2. The maximum atomic E-state index is 10.9. The van der Waals surface area contributed by atoms with E-state index in [2.05, 4.69) is 10.6 Å². The van der Waals surface area contributed by atoms with Gasteiger partial charge in [-0.1, -0.05) is 6.07 Å². The molecular weight excluding hydrogens is 208 g/mol. The third kappa shape index (κ3) is 1.81. The molecule has 1 saturated heterocycles. The van der Waals surface area contributed by atoms with Gasteiger partial charge in [-0.3, -0.25) is 10.1 Å². The predicted molar refractivity (Wildman–Crippen MR) is 58.1 cm³/mol. The van der Waals surface area contributed by atoms with Crippen LogP contribution < -0.4 is 10.6 Å². The Bertz CT molecular complexity index is 462. The van der Waals surface area contributed by atoms with Crippen molar-refractivity contribution in [2.75, 3.05) is 18.4 Å². The topological polar surface area (TPSA) is 91.0 Å². The summed E-state index contributed by atoms with van der Waals surface area (Å²) in [5, 5.41) is 25.8. The number of nitrogens with zero attached hydrogens (tertiary/aromatic N) is 2. The summed E-state index contributed by atoms with van der Waals surface area (Å²) in [4.78, 5) is 10.4. The summed E-state index contributed by atoms with van der Waals surface area (Å²) in [7, 11) is 0. The molecule has 0 atom stereocenters. The van der Waals surface area contributed by atoms with Crippen LogP contribution in [0.2, 0.25) is 0 Å². The Morgan fingerprint density at radius 3 is 2.81 bits per heavy atom. The number of nitriles is 1. The summed E-state index contributed by atoms with van der Waals surface area (Å²) in [6.45, 7) is 1.57. The summed E-state index contributed by atoms with van der Waals surface area (Å²) in [5.41, 5.74) is 0.356. The fraction of sp³-hybridized carbons (Fsp3) is 0.300. The number of anilines is 1. The van der Waals surface area contributed by atoms with Gasteiger partial charge in [0.1, 0.15) is 17.3 Å². The Hall–Kier alpha value is -2.13. The van der Waals surface area contributed by atoms with Gasteiger partial charge < -0.3 is 10.6 Å². The first-order valence-corrected chi connectivity index (χ1v) is 4.87. The highest BCUT2D eigenvalue weighted by atomic mass is 16.6. The van der Waals surface area contributed by atoms with Crippen LogP contribution >= 0.6 is 0 Å². The number of para-hydroxylation sites is 1. The lowest BCUT2D eigenvalue weighted by Gasteiger charge is -2.28. The highest BCUT2D eigenvalue weighted by Crippen LogP contribution is 2.28. The zero-order valence-electron chi connectivity index (χ0n) is 8.43. The number of nitro benzene ring substituents is 1. The van der Waals surface area contributed by atoms with Crippen LogP contribution in [0.4, 0.5) is 11.4 Å². The molecule has 2 rings (SSSR count). The second kappa shape index (κ2) is 4.16. The molecule has 0 spiro atoms. The monoisotopic (exact) mass is 218 g/mol. The summed E-state index contributed by atoms with van der Waals surface area (Å²) < 4.78 is 0. The molecule has 1 aliphatic heterocycles. The lowest BCUT2D eigenvalue weighted by atomic mass is 10.1. The Labute approximate surface area is 92.0 Å². The molecule has 0 aromatic heterocycles. The van der Waals surface area contributed by atoms with Crippen LogP contribution in [0.25, 0.3) is 0 Å². The lowest BCUT2D eigenvalue weighted by molar-refractivity contribution is -0.384. The summed E-state index contributed by atoms with van der Waals surface area (Å²) in [6.07, 6.45) is 0. The molecule has 1 aromatic carbocycles. The van der Waals surface area contributed by atoms with Crippen molar-refractivity contribution in [3.8, 4) is 6.07 Å². The van der Waals surface area contributed by atoms with Gasteiger partial charge in [-0.15, -0.1) is 0 Å². The maximum absolute atomic E-state index is 10.9. The quantitative estimate of drug-likeness (QED) is 0.579. The molecule has 1 aliphatic rings. The number of rotatable bonds is 3. The van der Waals surface area contributed by atoms with E-state index in [9.17, 15) is 10.1 Å². The molecule has 1 heterocycles. The number of hydrogen-bond acceptors (Lipinski definition) is 5. The minimum absolute atomic E-state index is 0.0854. The molecule has 0 saturated carbocycles. The van der Waals surface area contributed by atoms with Gasteiger partial charge in [-0.05, 0) is 12.1 Å². The summed E-state index contributed by atoms with van der Waals surface area (Å²) in [6, 6.07) is 6.74. The third-order valence-electron chi connectivity index (χ3n) is 2.48. The van der Waals surface area contributed by atoms with Crippen LogP contribution in [-0.4, -0.2) is 24.1 Å². The van der Waals surface area contributed by atoms with E-state index in [-0.39, 0.29) is 17.3 Å². The van der Waals surface area contributed by atoms with Crippen molar-refractivity contribution in [1.29, 1.82) is 5.26 Å². The first-order chi connectivity index (χ1) is 7.72. The van der Waals surface area contributed by atoms with Gasteiger partial charge >= 0.3 is 5.69 Å². The van der Waals surface area contributed by atoms with Gasteiger partial charge in [-0.25, -0.2) is 0 Å². The average molecular weight is 218 g/mol. The minimum Gasteiger partial charge on any atom is -0.374 e. The second-order valence-corrected chi connectivity index (χ2v) is 3.57. The standard InChI is InChI=1S/C10H10N4O2/c11-4-7-2-1-3-9(10(7)14(15)16)13-8-5-12-6-8/h1-3,8,12-13H,5-6H2. The minimum atomic E-state index is -0.521. The van der Waals surface area contributed by atoms with E-state index in [1.165, 1.54) is 6.07 Å². The predicted octanol–water partition coefficient (Wildman–Crippen LogP) is 0.850. The van der Waals surface area contributed by atoms with E-state index < -0.39 is 4.92 Å². The van der Waals surface area contributed by atoms with Crippen molar-refractivity contribution >= 4 is 11.4 Å². The Balaban J connectivity index is 2.35. The average Bonchev–Trinajstić information content (AvgIpc) is 2.22. The molecule has 0 bridgehead atoms. The van der Waals surface area contributed by atoms with E-state index in [4.69, 9.17) is 5.26 Å². The normalized spacial score (nSPS) is 14.9. The van der Waals surface area contributed by atoms with Crippen molar-refractivity contribution in [3.63, 3.8) is 0 Å². The van der Waals surface area contributed by atoms with Crippen LogP contribution in [0.15, 0.2) is 18.2 Å². The fourth-order valence-electron chi connectivity index (χ4n) is 1.56. The van der Waals surface area contributed by atoms with Crippen LogP contribution in [0.1, 0.15) is 5.56 Å². The van der Waals surface area contributed by atoms with Crippen LogP contribution in [-0.2, 0) is 0 Å². The molecule has 82 valence electrons. The van der Waals surface area contributed by atoms with E-state index in [1.54, 1.807) is 12.1 Å². The van der Waals surface area contributed by atoms with Gasteiger partial charge in [0.15, 0.2) is 0 Å². The van der Waals surface area contributed by atoms with Crippen molar-refractivity contribution < 1.29 is 4.92 Å². The van der Waals surface area contributed by atoms with Crippen molar-refractivity contribution in [2.45, 2.75) is 6.04 Å². The number of nitro groups is 1. The van der Waals surface area contributed by atoms with Gasteiger partial charge in [0, 0.05) is 13.1 Å². The maximum Gasteiger partial charge on any atom is 0.309 e. The van der Waals surface area contributed by atoms with E-state index in [0.29, 0.717) is 5.69 Å². The second-order valence-electron chi connectivity index (χ2n) is 3.57. The molecule has 0 aliphatic carbocycles. The molecule has 6 nitrogen and oxygen atoms in total. The van der Waals surface area contributed by atoms with Crippen molar-refractivity contribution in [1.82, 2.24) is 5.32 Å².